The highest BCUT2D eigenvalue weighted by molar-refractivity contribution is 9.10. The van der Waals surface area contributed by atoms with Crippen LogP contribution in [-0.4, -0.2) is 22.2 Å². The SMILES string of the molecule is C[C@H]1COc2c(Br)c(Cl)cc3cc(C(=O)O)c(=O)n1c23. The van der Waals surface area contributed by atoms with E-state index in [2.05, 4.69) is 15.9 Å². The van der Waals surface area contributed by atoms with Crippen LogP contribution < -0.4 is 10.3 Å². The predicted octanol–water partition coefficient (Wildman–Crippen LogP) is 3.07. The molecule has 1 aromatic carbocycles. The third-order valence-corrected chi connectivity index (χ3v) is 4.62. The topological polar surface area (TPSA) is 68.5 Å². The molecular formula is C13H9BrClNO4. The van der Waals surface area contributed by atoms with Crippen molar-refractivity contribution in [2.24, 2.45) is 0 Å². The lowest BCUT2D eigenvalue weighted by Gasteiger charge is -2.27. The van der Waals surface area contributed by atoms with Crippen LogP contribution in [0.5, 0.6) is 5.75 Å². The summed E-state index contributed by atoms with van der Waals surface area (Å²) >= 11 is 9.43. The summed E-state index contributed by atoms with van der Waals surface area (Å²) in [6.45, 7) is 2.09. The van der Waals surface area contributed by atoms with Crippen LogP contribution in [0.25, 0.3) is 10.9 Å². The van der Waals surface area contributed by atoms with Crippen LogP contribution >= 0.6 is 27.5 Å². The summed E-state index contributed by atoms with van der Waals surface area (Å²) in [4.78, 5) is 23.5. The number of ether oxygens (including phenoxy) is 1. The Labute approximate surface area is 126 Å². The maximum atomic E-state index is 12.3. The van der Waals surface area contributed by atoms with Gasteiger partial charge in [0.15, 0.2) is 5.75 Å². The smallest absolute Gasteiger partial charge is 0.341 e. The second-order valence-corrected chi connectivity index (χ2v) is 5.84. The zero-order chi connectivity index (χ0) is 14.6. The van der Waals surface area contributed by atoms with Gasteiger partial charge in [0, 0.05) is 5.39 Å². The van der Waals surface area contributed by atoms with E-state index in [-0.39, 0.29) is 18.2 Å². The number of aromatic nitrogens is 1. The number of hydrogen-bond acceptors (Lipinski definition) is 3. The van der Waals surface area contributed by atoms with Gasteiger partial charge in [-0.25, -0.2) is 4.79 Å². The largest absolute Gasteiger partial charge is 0.488 e. The molecule has 0 radical (unpaired) electrons. The third-order valence-electron chi connectivity index (χ3n) is 3.31. The number of carbonyl (C=O) groups is 1. The second kappa shape index (κ2) is 4.49. The van der Waals surface area contributed by atoms with E-state index in [0.29, 0.717) is 26.1 Å². The molecule has 5 nitrogen and oxygen atoms in total. The Morgan fingerprint density at radius 3 is 2.90 bits per heavy atom. The number of carboxylic acids is 1. The van der Waals surface area contributed by atoms with Crippen molar-refractivity contribution in [3.05, 3.63) is 37.5 Å². The van der Waals surface area contributed by atoms with Gasteiger partial charge < -0.3 is 9.84 Å². The van der Waals surface area contributed by atoms with Gasteiger partial charge in [0.2, 0.25) is 0 Å². The monoisotopic (exact) mass is 357 g/mol. The van der Waals surface area contributed by atoms with Gasteiger partial charge in [0.1, 0.15) is 12.2 Å². The normalized spacial score (nSPS) is 17.1. The van der Waals surface area contributed by atoms with Crippen molar-refractivity contribution in [1.29, 1.82) is 0 Å². The highest BCUT2D eigenvalue weighted by atomic mass is 79.9. The molecule has 0 amide bonds. The fourth-order valence-corrected chi connectivity index (χ4v) is 3.02. The van der Waals surface area contributed by atoms with Crippen LogP contribution in [-0.2, 0) is 0 Å². The molecule has 0 unspecified atom stereocenters. The van der Waals surface area contributed by atoms with E-state index in [1.54, 1.807) is 13.0 Å². The summed E-state index contributed by atoms with van der Waals surface area (Å²) in [7, 11) is 0. The summed E-state index contributed by atoms with van der Waals surface area (Å²) in [5, 5.41) is 10.1. The molecule has 1 aliphatic rings. The van der Waals surface area contributed by atoms with Crippen molar-refractivity contribution in [2.45, 2.75) is 13.0 Å². The zero-order valence-corrected chi connectivity index (χ0v) is 12.7. The number of hydrogen-bond donors (Lipinski definition) is 1. The quantitative estimate of drug-likeness (QED) is 0.850. The van der Waals surface area contributed by atoms with E-state index >= 15 is 0 Å². The first-order valence-electron chi connectivity index (χ1n) is 5.85. The third kappa shape index (κ3) is 1.75. The van der Waals surface area contributed by atoms with E-state index in [1.807, 2.05) is 0 Å². The highest BCUT2D eigenvalue weighted by Crippen LogP contribution is 2.42. The Morgan fingerprint density at radius 2 is 2.25 bits per heavy atom. The van der Waals surface area contributed by atoms with Crippen molar-refractivity contribution >= 4 is 44.4 Å². The predicted molar refractivity (Wildman–Crippen MR) is 78.1 cm³/mol. The molecule has 2 heterocycles. The van der Waals surface area contributed by atoms with Crippen LogP contribution in [0.1, 0.15) is 23.3 Å². The molecule has 104 valence electrons. The van der Waals surface area contributed by atoms with E-state index in [0.717, 1.165) is 0 Å². The fraction of sp³-hybridized carbons (Fsp3) is 0.231. The standard InChI is InChI=1S/C13H9BrClNO4/c1-5-4-20-11-9(14)8(15)3-6-2-7(13(18)19)12(17)16(5)10(6)11/h2-3,5H,4H2,1H3,(H,18,19)/t5-/m0/s1. The van der Waals surface area contributed by atoms with E-state index in [1.165, 1.54) is 10.6 Å². The zero-order valence-electron chi connectivity index (χ0n) is 10.3. The number of pyridine rings is 1. The second-order valence-electron chi connectivity index (χ2n) is 4.64. The molecule has 2 aromatic rings. The average Bonchev–Trinajstić information content (AvgIpc) is 2.39. The van der Waals surface area contributed by atoms with E-state index in [9.17, 15) is 9.59 Å². The van der Waals surface area contributed by atoms with Crippen molar-refractivity contribution in [3.63, 3.8) is 0 Å². The fourth-order valence-electron chi connectivity index (χ4n) is 2.40. The Bertz CT molecular complexity index is 814. The van der Waals surface area contributed by atoms with Crippen LogP contribution in [0.4, 0.5) is 0 Å². The van der Waals surface area contributed by atoms with Gasteiger partial charge in [-0.05, 0) is 35.0 Å². The molecule has 0 aliphatic carbocycles. The van der Waals surface area contributed by atoms with Gasteiger partial charge in [-0.2, -0.15) is 0 Å². The van der Waals surface area contributed by atoms with Crippen molar-refractivity contribution in [1.82, 2.24) is 4.57 Å². The van der Waals surface area contributed by atoms with Gasteiger partial charge in [-0.1, -0.05) is 11.6 Å². The van der Waals surface area contributed by atoms with Gasteiger partial charge in [-0.15, -0.1) is 0 Å². The van der Waals surface area contributed by atoms with Crippen LogP contribution in [0.15, 0.2) is 21.4 Å². The molecule has 0 saturated carbocycles. The first-order chi connectivity index (χ1) is 9.41. The highest BCUT2D eigenvalue weighted by Gasteiger charge is 2.27. The molecule has 0 spiro atoms. The van der Waals surface area contributed by atoms with Crippen molar-refractivity contribution < 1.29 is 14.6 Å². The Hall–Kier alpha value is -1.53. The van der Waals surface area contributed by atoms with Gasteiger partial charge in [-0.3, -0.25) is 9.36 Å². The Kier molecular flexibility index (Phi) is 3.02. The molecule has 0 bridgehead atoms. The molecule has 7 heteroatoms. The van der Waals surface area contributed by atoms with Gasteiger partial charge in [0.25, 0.3) is 5.56 Å². The summed E-state index contributed by atoms with van der Waals surface area (Å²) in [5.41, 5.74) is -0.234. The number of nitrogens with zero attached hydrogens (tertiary/aromatic N) is 1. The lowest BCUT2D eigenvalue weighted by Crippen LogP contribution is -2.34. The van der Waals surface area contributed by atoms with E-state index < -0.39 is 11.5 Å². The Balaban J connectivity index is 2.57. The molecule has 1 aliphatic heterocycles. The Morgan fingerprint density at radius 1 is 1.55 bits per heavy atom. The van der Waals surface area contributed by atoms with E-state index in [4.69, 9.17) is 21.4 Å². The molecule has 0 saturated heterocycles. The molecule has 3 rings (SSSR count). The maximum Gasteiger partial charge on any atom is 0.341 e. The molecule has 1 atom stereocenters. The molecular weight excluding hydrogens is 350 g/mol. The van der Waals surface area contributed by atoms with Crippen molar-refractivity contribution in [3.8, 4) is 5.75 Å². The summed E-state index contributed by atoms with van der Waals surface area (Å²) in [5.74, 6) is -0.778. The molecule has 20 heavy (non-hydrogen) atoms. The molecule has 1 aromatic heterocycles. The average molecular weight is 359 g/mol. The lowest BCUT2D eigenvalue weighted by atomic mass is 10.1. The minimum Gasteiger partial charge on any atom is -0.488 e. The summed E-state index contributed by atoms with van der Waals surface area (Å²) in [6, 6.07) is 2.71. The number of rotatable bonds is 1. The summed E-state index contributed by atoms with van der Waals surface area (Å²) < 4.78 is 7.66. The summed E-state index contributed by atoms with van der Waals surface area (Å²) in [6.07, 6.45) is 0. The minimum absolute atomic E-state index is 0.245. The van der Waals surface area contributed by atoms with Gasteiger partial charge >= 0.3 is 5.97 Å². The first kappa shape index (κ1) is 13.5. The molecule has 1 N–H and O–H groups in total. The maximum absolute atomic E-state index is 12.3. The number of aromatic carboxylic acids is 1. The van der Waals surface area contributed by atoms with Crippen molar-refractivity contribution in [2.75, 3.05) is 6.61 Å². The van der Waals surface area contributed by atoms with Crippen LogP contribution in [0.2, 0.25) is 5.02 Å². The number of halogens is 2. The molecule has 0 fully saturated rings. The number of carboxylic acid groups (broad SMARTS) is 1. The first-order valence-corrected chi connectivity index (χ1v) is 7.02. The minimum atomic E-state index is -1.25. The lowest BCUT2D eigenvalue weighted by molar-refractivity contribution is 0.0694. The van der Waals surface area contributed by atoms with Crippen LogP contribution in [0.3, 0.4) is 0 Å². The van der Waals surface area contributed by atoms with Gasteiger partial charge in [0.05, 0.1) is 21.1 Å². The van der Waals surface area contributed by atoms with Crippen LogP contribution in [0, 0.1) is 0 Å². The number of benzene rings is 1.